The van der Waals surface area contributed by atoms with Crippen LogP contribution in [0.15, 0.2) is 48.7 Å². The van der Waals surface area contributed by atoms with Crippen LogP contribution in [0.3, 0.4) is 0 Å². The number of anilines is 1. The predicted molar refractivity (Wildman–Crippen MR) is 90.5 cm³/mol. The SMILES string of the molecule is CCc1c(-c2ccc(O)cc2)cnc(N)c1-c1ccc(F)c(F)c1. The molecule has 0 aliphatic rings. The number of nitrogens with zero attached hydrogens (tertiary/aromatic N) is 1. The highest BCUT2D eigenvalue weighted by molar-refractivity contribution is 5.84. The average Bonchev–Trinajstić information content (AvgIpc) is 2.58. The van der Waals surface area contributed by atoms with Crippen molar-refractivity contribution in [3.05, 3.63) is 65.9 Å². The number of halogens is 2. The molecule has 1 aromatic heterocycles. The molecule has 3 N–H and O–H groups in total. The van der Waals surface area contributed by atoms with Gasteiger partial charge in [-0.2, -0.15) is 0 Å². The number of rotatable bonds is 3. The lowest BCUT2D eigenvalue weighted by Crippen LogP contribution is -2.02. The summed E-state index contributed by atoms with van der Waals surface area (Å²) in [5.41, 5.74) is 9.69. The Labute approximate surface area is 138 Å². The van der Waals surface area contributed by atoms with E-state index >= 15 is 0 Å². The number of hydrogen-bond acceptors (Lipinski definition) is 3. The van der Waals surface area contributed by atoms with Crippen LogP contribution >= 0.6 is 0 Å². The largest absolute Gasteiger partial charge is 0.508 e. The Morgan fingerprint density at radius 2 is 1.67 bits per heavy atom. The molecule has 2 aromatic carbocycles. The smallest absolute Gasteiger partial charge is 0.159 e. The highest BCUT2D eigenvalue weighted by atomic mass is 19.2. The molecule has 24 heavy (non-hydrogen) atoms. The molecular formula is C19H16F2N2O. The molecule has 0 unspecified atom stereocenters. The number of phenols is 1. The van der Waals surface area contributed by atoms with Crippen molar-refractivity contribution in [2.75, 3.05) is 5.73 Å². The van der Waals surface area contributed by atoms with Crippen LogP contribution in [-0.4, -0.2) is 10.1 Å². The molecule has 0 radical (unpaired) electrons. The van der Waals surface area contributed by atoms with Crippen molar-refractivity contribution in [2.24, 2.45) is 0 Å². The first-order valence-electron chi connectivity index (χ1n) is 7.53. The Hall–Kier alpha value is -2.95. The second-order valence-corrected chi connectivity index (χ2v) is 5.44. The minimum atomic E-state index is -0.927. The second kappa shape index (κ2) is 6.28. The highest BCUT2D eigenvalue weighted by Crippen LogP contribution is 2.36. The van der Waals surface area contributed by atoms with Gasteiger partial charge >= 0.3 is 0 Å². The zero-order valence-corrected chi connectivity index (χ0v) is 13.1. The summed E-state index contributed by atoms with van der Waals surface area (Å²) < 4.78 is 26.9. The van der Waals surface area contributed by atoms with Gasteiger partial charge in [0.2, 0.25) is 0 Å². The van der Waals surface area contributed by atoms with E-state index in [1.54, 1.807) is 30.5 Å². The Morgan fingerprint density at radius 3 is 2.29 bits per heavy atom. The molecule has 0 aliphatic carbocycles. The minimum Gasteiger partial charge on any atom is -0.508 e. The van der Waals surface area contributed by atoms with Crippen LogP contribution in [-0.2, 0) is 6.42 Å². The van der Waals surface area contributed by atoms with Crippen LogP contribution in [0.5, 0.6) is 5.75 Å². The lowest BCUT2D eigenvalue weighted by Gasteiger charge is -2.16. The van der Waals surface area contributed by atoms with Crippen LogP contribution in [0.4, 0.5) is 14.6 Å². The molecule has 0 atom stereocenters. The number of nitrogen functional groups attached to an aromatic ring is 1. The third-order valence-electron chi connectivity index (χ3n) is 3.96. The van der Waals surface area contributed by atoms with Gasteiger partial charge < -0.3 is 10.8 Å². The predicted octanol–water partition coefficient (Wildman–Crippen LogP) is 4.54. The number of benzene rings is 2. The van der Waals surface area contributed by atoms with E-state index in [0.29, 0.717) is 17.5 Å². The lowest BCUT2D eigenvalue weighted by atomic mass is 9.92. The van der Waals surface area contributed by atoms with Crippen LogP contribution in [0, 0.1) is 11.6 Å². The van der Waals surface area contributed by atoms with Crippen molar-refractivity contribution in [3.63, 3.8) is 0 Å². The second-order valence-electron chi connectivity index (χ2n) is 5.44. The topological polar surface area (TPSA) is 59.1 Å². The van der Waals surface area contributed by atoms with Gasteiger partial charge in [-0.1, -0.05) is 25.1 Å². The molecular weight excluding hydrogens is 310 g/mol. The summed E-state index contributed by atoms with van der Waals surface area (Å²) in [7, 11) is 0. The van der Waals surface area contributed by atoms with E-state index in [1.807, 2.05) is 6.92 Å². The first-order chi connectivity index (χ1) is 11.5. The van der Waals surface area contributed by atoms with Gasteiger partial charge in [0.15, 0.2) is 11.6 Å². The molecule has 3 nitrogen and oxygen atoms in total. The highest BCUT2D eigenvalue weighted by Gasteiger charge is 2.16. The normalized spacial score (nSPS) is 10.8. The van der Waals surface area contributed by atoms with E-state index in [0.717, 1.165) is 28.8 Å². The van der Waals surface area contributed by atoms with E-state index in [2.05, 4.69) is 4.98 Å². The summed E-state index contributed by atoms with van der Waals surface area (Å²) in [5, 5.41) is 9.45. The molecule has 1 heterocycles. The zero-order chi connectivity index (χ0) is 17.3. The molecule has 0 saturated heterocycles. The maximum Gasteiger partial charge on any atom is 0.159 e. The number of pyridine rings is 1. The van der Waals surface area contributed by atoms with Crippen LogP contribution in [0.2, 0.25) is 0 Å². The Kier molecular flexibility index (Phi) is 4.16. The summed E-state index contributed by atoms with van der Waals surface area (Å²) >= 11 is 0. The van der Waals surface area contributed by atoms with Crippen LogP contribution < -0.4 is 5.73 Å². The molecule has 0 saturated carbocycles. The summed E-state index contributed by atoms with van der Waals surface area (Å²) in [6.45, 7) is 1.96. The van der Waals surface area contributed by atoms with Gasteiger partial charge in [0.05, 0.1) is 0 Å². The number of hydrogen-bond donors (Lipinski definition) is 2. The quantitative estimate of drug-likeness (QED) is 0.742. The molecule has 122 valence electrons. The van der Waals surface area contributed by atoms with Gasteiger partial charge in [-0.25, -0.2) is 13.8 Å². The van der Waals surface area contributed by atoms with Crippen molar-refractivity contribution < 1.29 is 13.9 Å². The van der Waals surface area contributed by atoms with Gasteiger partial charge in [-0.15, -0.1) is 0 Å². The summed E-state index contributed by atoms with van der Waals surface area (Å²) in [6.07, 6.45) is 2.29. The maximum atomic E-state index is 13.6. The fourth-order valence-electron chi connectivity index (χ4n) is 2.80. The van der Waals surface area contributed by atoms with E-state index < -0.39 is 11.6 Å². The van der Waals surface area contributed by atoms with Gasteiger partial charge in [0, 0.05) is 17.3 Å². The number of phenolic OH excluding ortho intramolecular Hbond substituents is 1. The molecule has 0 spiro atoms. The van der Waals surface area contributed by atoms with E-state index in [4.69, 9.17) is 5.73 Å². The zero-order valence-electron chi connectivity index (χ0n) is 13.1. The van der Waals surface area contributed by atoms with Crippen molar-refractivity contribution >= 4 is 5.82 Å². The van der Waals surface area contributed by atoms with E-state index in [9.17, 15) is 13.9 Å². The first-order valence-corrected chi connectivity index (χ1v) is 7.53. The van der Waals surface area contributed by atoms with E-state index in [-0.39, 0.29) is 11.6 Å². The van der Waals surface area contributed by atoms with Gasteiger partial charge in [-0.3, -0.25) is 0 Å². The standard InChI is InChI=1S/C19H16F2N2O/c1-2-14-15(11-3-6-13(24)7-4-11)10-23-19(22)18(14)12-5-8-16(20)17(21)9-12/h3-10,24H,2H2,1H3,(H2,22,23). The van der Waals surface area contributed by atoms with Crippen molar-refractivity contribution in [2.45, 2.75) is 13.3 Å². The molecule has 0 fully saturated rings. The number of aromatic hydroxyl groups is 1. The number of nitrogens with two attached hydrogens (primary N) is 1. The van der Waals surface area contributed by atoms with Crippen molar-refractivity contribution in [1.29, 1.82) is 0 Å². The average molecular weight is 326 g/mol. The molecule has 3 rings (SSSR count). The Balaban J connectivity index is 2.24. The molecule has 0 bridgehead atoms. The van der Waals surface area contributed by atoms with Gasteiger partial charge in [0.1, 0.15) is 11.6 Å². The summed E-state index contributed by atoms with van der Waals surface area (Å²) in [4.78, 5) is 4.21. The molecule has 0 aliphatic heterocycles. The van der Waals surface area contributed by atoms with Gasteiger partial charge in [0.25, 0.3) is 0 Å². The van der Waals surface area contributed by atoms with Crippen molar-refractivity contribution in [1.82, 2.24) is 4.98 Å². The van der Waals surface area contributed by atoms with E-state index in [1.165, 1.54) is 6.07 Å². The minimum absolute atomic E-state index is 0.168. The Bertz CT molecular complexity index is 893. The van der Waals surface area contributed by atoms with Crippen LogP contribution in [0.25, 0.3) is 22.3 Å². The van der Waals surface area contributed by atoms with Crippen LogP contribution in [0.1, 0.15) is 12.5 Å². The summed E-state index contributed by atoms with van der Waals surface area (Å²) in [5.74, 6) is -1.40. The molecule has 0 amide bonds. The lowest BCUT2D eigenvalue weighted by molar-refractivity contribution is 0.475. The maximum absolute atomic E-state index is 13.6. The first kappa shape index (κ1) is 15.9. The third kappa shape index (κ3) is 2.80. The fourth-order valence-corrected chi connectivity index (χ4v) is 2.80. The number of aromatic nitrogens is 1. The Morgan fingerprint density at radius 1 is 1.00 bits per heavy atom. The monoisotopic (exact) mass is 326 g/mol. The molecule has 5 heteroatoms. The fraction of sp³-hybridized carbons (Fsp3) is 0.105. The van der Waals surface area contributed by atoms with Gasteiger partial charge in [-0.05, 0) is 47.4 Å². The third-order valence-corrected chi connectivity index (χ3v) is 3.96. The molecule has 3 aromatic rings. The van der Waals surface area contributed by atoms with Crippen molar-refractivity contribution in [3.8, 4) is 28.0 Å². The summed E-state index contributed by atoms with van der Waals surface area (Å²) in [6, 6.07) is 10.4.